The summed E-state index contributed by atoms with van der Waals surface area (Å²) in [5, 5.41) is 12.3. The van der Waals surface area contributed by atoms with Crippen LogP contribution in [0.5, 0.6) is 0 Å². The highest BCUT2D eigenvalue weighted by molar-refractivity contribution is 5.21. The predicted molar refractivity (Wildman–Crippen MR) is 59.1 cm³/mol. The van der Waals surface area contributed by atoms with Gasteiger partial charge in [-0.25, -0.2) is 4.39 Å². The van der Waals surface area contributed by atoms with E-state index in [1.54, 1.807) is 18.2 Å². The van der Waals surface area contributed by atoms with Gasteiger partial charge in [0.1, 0.15) is 5.82 Å². The van der Waals surface area contributed by atoms with E-state index in [0.29, 0.717) is 11.5 Å². The maximum atomic E-state index is 13.4. The van der Waals surface area contributed by atoms with Gasteiger partial charge in [-0.3, -0.25) is 0 Å². The minimum Gasteiger partial charge on any atom is -0.394 e. The number of rotatable bonds is 5. The van der Waals surface area contributed by atoms with Gasteiger partial charge in [0.2, 0.25) is 0 Å². The zero-order valence-corrected chi connectivity index (χ0v) is 9.20. The van der Waals surface area contributed by atoms with Crippen molar-refractivity contribution in [3.05, 3.63) is 35.6 Å². The Morgan fingerprint density at radius 2 is 2.00 bits per heavy atom. The molecule has 0 aromatic heterocycles. The van der Waals surface area contributed by atoms with Crippen LogP contribution in [0.25, 0.3) is 0 Å². The first-order valence-electron chi connectivity index (χ1n) is 5.23. The molecule has 3 heteroatoms. The summed E-state index contributed by atoms with van der Waals surface area (Å²) in [6.45, 7) is 4.82. The van der Waals surface area contributed by atoms with Crippen molar-refractivity contribution in [3.63, 3.8) is 0 Å². The van der Waals surface area contributed by atoms with E-state index in [4.69, 9.17) is 0 Å². The van der Waals surface area contributed by atoms with Gasteiger partial charge in [-0.1, -0.05) is 32.0 Å². The van der Waals surface area contributed by atoms with E-state index < -0.39 is 0 Å². The van der Waals surface area contributed by atoms with E-state index in [1.807, 2.05) is 0 Å². The lowest BCUT2D eigenvalue weighted by Crippen LogP contribution is -2.28. The second-order valence-corrected chi connectivity index (χ2v) is 4.06. The quantitative estimate of drug-likeness (QED) is 0.781. The standard InChI is InChI=1S/C12H18FNO/c1-9(2)7-14-12(8-15)10-5-3-4-6-11(10)13/h3-6,9,12,14-15H,7-8H2,1-2H3. The number of aliphatic hydroxyl groups excluding tert-OH is 1. The molecule has 0 bridgehead atoms. The largest absolute Gasteiger partial charge is 0.394 e. The van der Waals surface area contributed by atoms with Crippen LogP contribution in [0.2, 0.25) is 0 Å². The van der Waals surface area contributed by atoms with Crippen molar-refractivity contribution >= 4 is 0 Å². The molecule has 0 spiro atoms. The van der Waals surface area contributed by atoms with Gasteiger partial charge in [-0.15, -0.1) is 0 Å². The van der Waals surface area contributed by atoms with E-state index in [1.165, 1.54) is 6.07 Å². The lowest BCUT2D eigenvalue weighted by molar-refractivity contribution is 0.238. The number of hydrogen-bond acceptors (Lipinski definition) is 2. The summed E-state index contributed by atoms with van der Waals surface area (Å²) in [6.07, 6.45) is 0. The van der Waals surface area contributed by atoms with Crippen LogP contribution in [0.4, 0.5) is 4.39 Å². The van der Waals surface area contributed by atoms with Crippen LogP contribution in [0.1, 0.15) is 25.5 Å². The molecule has 1 unspecified atom stereocenters. The third kappa shape index (κ3) is 3.61. The molecular weight excluding hydrogens is 193 g/mol. The van der Waals surface area contributed by atoms with Gasteiger partial charge < -0.3 is 10.4 Å². The van der Waals surface area contributed by atoms with E-state index >= 15 is 0 Å². The van der Waals surface area contributed by atoms with Gasteiger partial charge in [0.05, 0.1) is 12.6 Å². The lowest BCUT2D eigenvalue weighted by atomic mass is 10.1. The van der Waals surface area contributed by atoms with Crippen molar-refractivity contribution in [1.82, 2.24) is 5.32 Å². The molecule has 1 aromatic carbocycles. The second-order valence-electron chi connectivity index (χ2n) is 4.06. The molecule has 15 heavy (non-hydrogen) atoms. The van der Waals surface area contributed by atoms with Crippen molar-refractivity contribution in [2.24, 2.45) is 5.92 Å². The smallest absolute Gasteiger partial charge is 0.128 e. The Bertz CT molecular complexity index is 301. The van der Waals surface area contributed by atoms with Gasteiger partial charge in [-0.2, -0.15) is 0 Å². The maximum absolute atomic E-state index is 13.4. The number of aliphatic hydroxyl groups is 1. The molecule has 1 atom stereocenters. The van der Waals surface area contributed by atoms with E-state index in [-0.39, 0.29) is 18.5 Å². The number of hydrogen-bond donors (Lipinski definition) is 2. The Labute approximate surface area is 90.1 Å². The first kappa shape index (κ1) is 12.1. The van der Waals surface area contributed by atoms with Gasteiger partial charge in [0.25, 0.3) is 0 Å². The summed E-state index contributed by atoms with van der Waals surface area (Å²) in [6, 6.07) is 6.22. The minimum absolute atomic E-state index is 0.0896. The van der Waals surface area contributed by atoms with Crippen LogP contribution in [0.15, 0.2) is 24.3 Å². The molecule has 0 saturated heterocycles. The van der Waals surface area contributed by atoms with Crippen molar-refractivity contribution in [3.8, 4) is 0 Å². The van der Waals surface area contributed by atoms with Crippen LogP contribution in [0, 0.1) is 11.7 Å². The fraction of sp³-hybridized carbons (Fsp3) is 0.500. The van der Waals surface area contributed by atoms with Crippen molar-refractivity contribution in [2.45, 2.75) is 19.9 Å². The molecule has 0 aliphatic carbocycles. The summed E-state index contributed by atoms with van der Waals surface area (Å²) < 4.78 is 13.4. The first-order chi connectivity index (χ1) is 7.15. The minimum atomic E-state index is -0.311. The fourth-order valence-corrected chi connectivity index (χ4v) is 1.41. The summed E-state index contributed by atoms with van der Waals surface area (Å²) in [5.74, 6) is 0.207. The number of benzene rings is 1. The molecule has 0 aliphatic rings. The third-order valence-electron chi connectivity index (χ3n) is 2.24. The number of halogens is 1. The van der Waals surface area contributed by atoms with E-state index in [9.17, 15) is 9.50 Å². The second kappa shape index (κ2) is 5.83. The molecule has 0 amide bonds. The van der Waals surface area contributed by atoms with Gasteiger partial charge >= 0.3 is 0 Å². The normalized spacial score (nSPS) is 13.1. The van der Waals surface area contributed by atoms with Crippen LogP contribution < -0.4 is 5.32 Å². The van der Waals surface area contributed by atoms with Gasteiger partial charge in [-0.05, 0) is 18.5 Å². The summed E-state index contributed by atoms with van der Waals surface area (Å²) in [7, 11) is 0. The topological polar surface area (TPSA) is 32.3 Å². The van der Waals surface area contributed by atoms with Crippen LogP contribution in [-0.2, 0) is 0 Å². The molecule has 2 N–H and O–H groups in total. The molecule has 0 heterocycles. The molecule has 0 saturated carbocycles. The van der Waals surface area contributed by atoms with Gasteiger partial charge in [0.15, 0.2) is 0 Å². The SMILES string of the molecule is CC(C)CNC(CO)c1ccccc1F. The van der Waals surface area contributed by atoms with E-state index in [2.05, 4.69) is 19.2 Å². The third-order valence-corrected chi connectivity index (χ3v) is 2.24. The Morgan fingerprint density at radius 1 is 1.33 bits per heavy atom. The molecular formula is C12H18FNO. The highest BCUT2D eigenvalue weighted by Gasteiger charge is 2.13. The zero-order valence-electron chi connectivity index (χ0n) is 9.20. The molecule has 1 rings (SSSR count). The average Bonchev–Trinajstić information content (AvgIpc) is 2.21. The molecule has 84 valence electrons. The van der Waals surface area contributed by atoms with E-state index in [0.717, 1.165) is 6.54 Å². The molecule has 0 fully saturated rings. The van der Waals surface area contributed by atoms with Crippen LogP contribution in [0.3, 0.4) is 0 Å². The fourth-order valence-electron chi connectivity index (χ4n) is 1.41. The van der Waals surface area contributed by atoms with Crippen molar-refractivity contribution < 1.29 is 9.50 Å². The van der Waals surface area contributed by atoms with Crippen molar-refractivity contribution in [1.29, 1.82) is 0 Å². The van der Waals surface area contributed by atoms with Gasteiger partial charge in [0, 0.05) is 5.56 Å². The highest BCUT2D eigenvalue weighted by atomic mass is 19.1. The molecule has 1 aromatic rings. The Kier molecular flexibility index (Phi) is 4.72. The monoisotopic (exact) mass is 211 g/mol. The Balaban J connectivity index is 2.70. The Hall–Kier alpha value is -0.930. The maximum Gasteiger partial charge on any atom is 0.128 e. The summed E-state index contributed by atoms with van der Waals surface area (Å²) in [5.41, 5.74) is 0.528. The molecule has 0 aliphatic heterocycles. The lowest BCUT2D eigenvalue weighted by Gasteiger charge is -2.18. The predicted octanol–water partition coefficient (Wildman–Crippen LogP) is 2.10. The summed E-state index contributed by atoms with van der Waals surface area (Å²) in [4.78, 5) is 0. The molecule has 2 nitrogen and oxygen atoms in total. The highest BCUT2D eigenvalue weighted by Crippen LogP contribution is 2.16. The van der Waals surface area contributed by atoms with Crippen molar-refractivity contribution in [2.75, 3.05) is 13.2 Å². The van der Waals surface area contributed by atoms with Crippen LogP contribution in [-0.4, -0.2) is 18.3 Å². The first-order valence-corrected chi connectivity index (χ1v) is 5.23. The average molecular weight is 211 g/mol. The summed E-state index contributed by atoms with van der Waals surface area (Å²) >= 11 is 0. The zero-order chi connectivity index (χ0) is 11.3. The number of nitrogens with one attached hydrogen (secondary N) is 1. The Morgan fingerprint density at radius 3 is 2.53 bits per heavy atom. The molecule has 0 radical (unpaired) electrons. The van der Waals surface area contributed by atoms with Crippen LogP contribution >= 0.6 is 0 Å².